The van der Waals surface area contributed by atoms with Crippen molar-refractivity contribution in [3.63, 3.8) is 0 Å². The SMILES string of the molecule is COc1cccc(CSCC(=O)NC(C)(C#N)C2CC2)c1. The lowest BCUT2D eigenvalue weighted by Gasteiger charge is -2.22. The molecule has 0 aliphatic heterocycles. The quantitative estimate of drug-likeness (QED) is 0.841. The van der Waals surface area contributed by atoms with Crippen LogP contribution in [0.15, 0.2) is 24.3 Å². The highest BCUT2D eigenvalue weighted by atomic mass is 32.2. The first-order valence-corrected chi connectivity index (χ1v) is 8.16. The first kappa shape index (κ1) is 15.7. The van der Waals surface area contributed by atoms with E-state index in [0.717, 1.165) is 29.9 Å². The van der Waals surface area contributed by atoms with Crippen LogP contribution >= 0.6 is 11.8 Å². The molecular weight excluding hydrogens is 284 g/mol. The van der Waals surface area contributed by atoms with E-state index in [-0.39, 0.29) is 5.91 Å². The van der Waals surface area contributed by atoms with E-state index >= 15 is 0 Å². The molecule has 1 aliphatic carbocycles. The molecule has 1 fully saturated rings. The molecule has 1 N–H and O–H groups in total. The summed E-state index contributed by atoms with van der Waals surface area (Å²) < 4.78 is 5.17. The summed E-state index contributed by atoms with van der Waals surface area (Å²) in [5, 5.41) is 12.1. The molecule has 21 heavy (non-hydrogen) atoms. The molecule has 0 aromatic heterocycles. The second kappa shape index (κ2) is 6.86. The highest BCUT2D eigenvalue weighted by Gasteiger charge is 2.42. The number of carbonyl (C=O) groups is 1. The zero-order valence-corrected chi connectivity index (χ0v) is 13.2. The lowest BCUT2D eigenvalue weighted by molar-refractivity contribution is -0.119. The molecule has 1 aliphatic rings. The third kappa shape index (κ3) is 4.40. The molecule has 1 saturated carbocycles. The van der Waals surface area contributed by atoms with Gasteiger partial charge in [-0.3, -0.25) is 4.79 Å². The van der Waals surface area contributed by atoms with Crippen molar-refractivity contribution in [2.45, 2.75) is 31.1 Å². The van der Waals surface area contributed by atoms with Gasteiger partial charge < -0.3 is 10.1 Å². The lowest BCUT2D eigenvalue weighted by Crippen LogP contribution is -2.47. The van der Waals surface area contributed by atoms with E-state index in [2.05, 4.69) is 11.4 Å². The lowest BCUT2D eigenvalue weighted by atomic mass is 9.98. The number of rotatable bonds is 7. The predicted molar refractivity (Wildman–Crippen MR) is 84.0 cm³/mol. The Morgan fingerprint density at radius 3 is 2.95 bits per heavy atom. The standard InChI is InChI=1S/C16H20N2O2S/c1-16(11-17,13-6-7-13)18-15(19)10-21-9-12-4-3-5-14(8-12)20-2/h3-5,8,13H,6-7,9-10H2,1-2H3,(H,18,19). The van der Waals surface area contributed by atoms with E-state index in [1.807, 2.05) is 31.2 Å². The minimum absolute atomic E-state index is 0.0705. The molecule has 0 heterocycles. The average Bonchev–Trinajstić information content (AvgIpc) is 3.32. The van der Waals surface area contributed by atoms with Crippen molar-refractivity contribution in [3.8, 4) is 11.8 Å². The highest BCUT2D eigenvalue weighted by molar-refractivity contribution is 7.99. The normalized spacial score (nSPS) is 16.6. The third-order valence-corrected chi connectivity index (χ3v) is 4.66. The molecule has 0 radical (unpaired) electrons. The van der Waals surface area contributed by atoms with Gasteiger partial charge in [-0.15, -0.1) is 11.8 Å². The number of ether oxygens (including phenoxy) is 1. The maximum atomic E-state index is 12.0. The summed E-state index contributed by atoms with van der Waals surface area (Å²) in [6, 6.07) is 10.1. The van der Waals surface area contributed by atoms with Crippen molar-refractivity contribution in [2.24, 2.45) is 5.92 Å². The number of nitriles is 1. The van der Waals surface area contributed by atoms with Crippen molar-refractivity contribution in [3.05, 3.63) is 29.8 Å². The topological polar surface area (TPSA) is 62.1 Å². The van der Waals surface area contributed by atoms with Crippen LogP contribution in [-0.2, 0) is 10.5 Å². The van der Waals surface area contributed by atoms with Gasteiger partial charge in [0.05, 0.1) is 18.9 Å². The van der Waals surface area contributed by atoms with Gasteiger partial charge in [0.15, 0.2) is 0 Å². The zero-order valence-electron chi connectivity index (χ0n) is 12.4. The number of nitrogens with one attached hydrogen (secondary N) is 1. The van der Waals surface area contributed by atoms with Gasteiger partial charge in [-0.2, -0.15) is 5.26 Å². The molecule has 1 unspecified atom stereocenters. The van der Waals surface area contributed by atoms with Crippen molar-refractivity contribution in [1.29, 1.82) is 5.26 Å². The van der Waals surface area contributed by atoms with Crippen molar-refractivity contribution in [1.82, 2.24) is 5.32 Å². The average molecular weight is 304 g/mol. The van der Waals surface area contributed by atoms with Gasteiger partial charge in [0.1, 0.15) is 11.3 Å². The summed E-state index contributed by atoms with van der Waals surface area (Å²) in [5.41, 5.74) is 0.422. The van der Waals surface area contributed by atoms with Crippen LogP contribution in [0.5, 0.6) is 5.75 Å². The molecule has 2 rings (SSSR count). The fourth-order valence-electron chi connectivity index (χ4n) is 2.23. The van der Waals surface area contributed by atoms with Gasteiger partial charge in [-0.1, -0.05) is 12.1 Å². The molecule has 1 aromatic carbocycles. The Kier molecular flexibility index (Phi) is 5.13. The van der Waals surface area contributed by atoms with Gasteiger partial charge >= 0.3 is 0 Å². The third-order valence-electron chi connectivity index (χ3n) is 3.66. The predicted octanol–water partition coefficient (Wildman–Crippen LogP) is 2.74. The van der Waals surface area contributed by atoms with Crippen LogP contribution in [0, 0.1) is 17.2 Å². The second-order valence-electron chi connectivity index (χ2n) is 5.48. The van der Waals surface area contributed by atoms with Gasteiger partial charge in [0.25, 0.3) is 0 Å². The first-order valence-electron chi connectivity index (χ1n) is 7.00. The number of hydrogen-bond acceptors (Lipinski definition) is 4. The number of amides is 1. The van der Waals surface area contributed by atoms with Gasteiger partial charge in [0, 0.05) is 5.75 Å². The molecule has 1 atom stereocenters. The number of methoxy groups -OCH3 is 1. The van der Waals surface area contributed by atoms with E-state index in [9.17, 15) is 10.1 Å². The van der Waals surface area contributed by atoms with Crippen LogP contribution in [0.3, 0.4) is 0 Å². The van der Waals surface area contributed by atoms with E-state index in [4.69, 9.17) is 4.74 Å². The summed E-state index contributed by atoms with van der Waals surface area (Å²) in [7, 11) is 1.64. The molecule has 0 saturated heterocycles. The Hall–Kier alpha value is -1.67. The maximum Gasteiger partial charge on any atom is 0.231 e. The number of benzene rings is 1. The Labute approximate surface area is 129 Å². The van der Waals surface area contributed by atoms with Crippen LogP contribution in [0.1, 0.15) is 25.3 Å². The van der Waals surface area contributed by atoms with E-state index in [1.165, 1.54) is 11.8 Å². The highest BCUT2D eigenvalue weighted by Crippen LogP contribution is 2.39. The first-order chi connectivity index (χ1) is 10.1. The second-order valence-corrected chi connectivity index (χ2v) is 6.47. The minimum Gasteiger partial charge on any atom is -0.497 e. The smallest absolute Gasteiger partial charge is 0.231 e. The molecule has 0 spiro atoms. The Balaban J connectivity index is 1.77. The minimum atomic E-state index is -0.701. The van der Waals surface area contributed by atoms with Crippen LogP contribution in [-0.4, -0.2) is 24.3 Å². The summed E-state index contributed by atoms with van der Waals surface area (Å²) in [5.74, 6) is 2.18. The van der Waals surface area contributed by atoms with E-state index in [0.29, 0.717) is 11.7 Å². The number of hydrogen-bond donors (Lipinski definition) is 1. The van der Waals surface area contributed by atoms with Crippen LogP contribution in [0.4, 0.5) is 0 Å². The zero-order chi connectivity index (χ0) is 15.3. The Morgan fingerprint density at radius 1 is 1.57 bits per heavy atom. The summed E-state index contributed by atoms with van der Waals surface area (Å²) in [4.78, 5) is 12.0. The summed E-state index contributed by atoms with van der Waals surface area (Å²) >= 11 is 1.54. The molecule has 5 heteroatoms. The van der Waals surface area contributed by atoms with E-state index in [1.54, 1.807) is 7.11 Å². The largest absolute Gasteiger partial charge is 0.497 e. The van der Waals surface area contributed by atoms with Gasteiger partial charge in [0.2, 0.25) is 5.91 Å². The van der Waals surface area contributed by atoms with Crippen molar-refractivity contribution in [2.75, 3.05) is 12.9 Å². The molecule has 0 bridgehead atoms. The molecule has 1 aromatic rings. The fourth-order valence-corrected chi connectivity index (χ4v) is 3.01. The number of nitrogens with zero attached hydrogens (tertiary/aromatic N) is 1. The number of thioether (sulfide) groups is 1. The Morgan fingerprint density at radius 2 is 2.33 bits per heavy atom. The van der Waals surface area contributed by atoms with Gasteiger partial charge in [-0.05, 0) is 43.4 Å². The molecule has 112 valence electrons. The van der Waals surface area contributed by atoms with Crippen LogP contribution in [0.2, 0.25) is 0 Å². The van der Waals surface area contributed by atoms with E-state index < -0.39 is 5.54 Å². The monoisotopic (exact) mass is 304 g/mol. The molecular formula is C16H20N2O2S. The maximum absolute atomic E-state index is 12.0. The van der Waals surface area contributed by atoms with Crippen LogP contribution < -0.4 is 10.1 Å². The van der Waals surface area contributed by atoms with Crippen LogP contribution in [0.25, 0.3) is 0 Å². The van der Waals surface area contributed by atoms with Crippen molar-refractivity contribution >= 4 is 17.7 Å². The molecule has 1 amide bonds. The molecule has 4 nitrogen and oxygen atoms in total. The van der Waals surface area contributed by atoms with Gasteiger partial charge in [-0.25, -0.2) is 0 Å². The van der Waals surface area contributed by atoms with Crippen molar-refractivity contribution < 1.29 is 9.53 Å². The summed E-state index contributed by atoms with van der Waals surface area (Å²) in [6.45, 7) is 1.81. The number of carbonyl (C=O) groups excluding carboxylic acids is 1. The summed E-state index contributed by atoms with van der Waals surface area (Å²) in [6.07, 6.45) is 2.06. The fraction of sp³-hybridized carbons (Fsp3) is 0.500. The Bertz CT molecular complexity index is 551.